The summed E-state index contributed by atoms with van der Waals surface area (Å²) in [6, 6.07) is 8.26. The summed E-state index contributed by atoms with van der Waals surface area (Å²) in [5.74, 6) is -0.618. The molecule has 0 radical (unpaired) electrons. The largest absolute Gasteiger partial charge is 0.481 e. The van der Waals surface area contributed by atoms with E-state index in [9.17, 15) is 4.79 Å². The number of carbonyl (C=O) groups is 1. The van der Waals surface area contributed by atoms with Crippen molar-refractivity contribution >= 4 is 5.97 Å². The average molecular weight is 249 g/mol. The van der Waals surface area contributed by atoms with Gasteiger partial charge in [0, 0.05) is 12.6 Å². The van der Waals surface area contributed by atoms with Gasteiger partial charge >= 0.3 is 5.97 Å². The van der Waals surface area contributed by atoms with Crippen molar-refractivity contribution in [3.8, 4) is 0 Å². The molecule has 1 aromatic carbocycles. The lowest BCUT2D eigenvalue weighted by molar-refractivity contribution is -0.138. The second-order valence-corrected chi connectivity index (χ2v) is 5.22. The van der Waals surface area contributed by atoms with Crippen LogP contribution in [0.3, 0.4) is 0 Å². The zero-order valence-electron chi connectivity index (χ0n) is 11.6. The molecule has 100 valence electrons. The zero-order chi connectivity index (χ0) is 13.7. The molecule has 0 fully saturated rings. The Kier molecular flexibility index (Phi) is 5.35. The van der Waals surface area contributed by atoms with E-state index >= 15 is 0 Å². The summed E-state index contributed by atoms with van der Waals surface area (Å²) >= 11 is 0. The van der Waals surface area contributed by atoms with Crippen molar-refractivity contribution in [2.45, 2.75) is 46.2 Å². The third kappa shape index (κ3) is 4.15. The van der Waals surface area contributed by atoms with Gasteiger partial charge in [-0.3, -0.25) is 4.79 Å². The number of aliphatic carboxylic acids is 1. The number of carboxylic acids is 1. The molecule has 0 aliphatic carbocycles. The summed E-state index contributed by atoms with van der Waals surface area (Å²) in [5.41, 5.74) is 2.03. The number of rotatable bonds is 6. The molecule has 0 aromatic heterocycles. The van der Waals surface area contributed by atoms with Crippen LogP contribution in [0, 0.1) is 5.92 Å². The Morgan fingerprint density at radius 3 is 2.17 bits per heavy atom. The Balaban J connectivity index is 2.58. The van der Waals surface area contributed by atoms with Crippen LogP contribution in [-0.4, -0.2) is 17.1 Å². The third-order valence-electron chi connectivity index (χ3n) is 3.48. The van der Waals surface area contributed by atoms with Crippen molar-refractivity contribution < 1.29 is 9.90 Å². The maximum Gasteiger partial charge on any atom is 0.310 e. The fourth-order valence-electron chi connectivity index (χ4n) is 1.58. The molecule has 0 amide bonds. The van der Waals surface area contributed by atoms with E-state index in [0.717, 1.165) is 12.1 Å². The first-order valence-corrected chi connectivity index (χ1v) is 6.46. The lowest BCUT2D eigenvalue weighted by Crippen LogP contribution is -2.30. The van der Waals surface area contributed by atoms with E-state index in [1.54, 1.807) is 6.92 Å². The maximum absolute atomic E-state index is 10.9. The van der Waals surface area contributed by atoms with E-state index in [2.05, 4.69) is 26.1 Å². The van der Waals surface area contributed by atoms with Gasteiger partial charge in [-0.05, 0) is 30.9 Å². The predicted molar refractivity (Wildman–Crippen MR) is 73.6 cm³/mol. The lowest BCUT2D eigenvalue weighted by atomic mass is 10.00. The molecule has 18 heavy (non-hydrogen) atoms. The van der Waals surface area contributed by atoms with E-state index in [1.165, 1.54) is 5.56 Å². The number of carboxylic acid groups (broad SMARTS) is 1. The van der Waals surface area contributed by atoms with Gasteiger partial charge in [-0.2, -0.15) is 0 Å². The average Bonchev–Trinajstić information content (AvgIpc) is 2.35. The minimum absolute atomic E-state index is 0.443. The van der Waals surface area contributed by atoms with Crippen LogP contribution in [0.2, 0.25) is 0 Å². The van der Waals surface area contributed by atoms with Crippen molar-refractivity contribution in [1.29, 1.82) is 0 Å². The molecule has 3 nitrogen and oxygen atoms in total. The van der Waals surface area contributed by atoms with Crippen LogP contribution in [0.25, 0.3) is 0 Å². The molecule has 2 atom stereocenters. The monoisotopic (exact) mass is 249 g/mol. The SMILES string of the molecule is CC(C(=O)O)c1ccc(CNC(C)C(C)C)cc1. The van der Waals surface area contributed by atoms with Crippen molar-refractivity contribution in [3.05, 3.63) is 35.4 Å². The summed E-state index contributed by atoms with van der Waals surface area (Å²) in [4.78, 5) is 10.9. The van der Waals surface area contributed by atoms with Crippen molar-refractivity contribution in [2.24, 2.45) is 5.92 Å². The Morgan fingerprint density at radius 2 is 1.72 bits per heavy atom. The molecule has 0 spiro atoms. The summed E-state index contributed by atoms with van der Waals surface area (Å²) < 4.78 is 0. The maximum atomic E-state index is 10.9. The van der Waals surface area contributed by atoms with Crippen molar-refractivity contribution in [3.63, 3.8) is 0 Å². The molecule has 2 N–H and O–H groups in total. The number of hydrogen-bond donors (Lipinski definition) is 2. The summed E-state index contributed by atoms with van der Waals surface area (Å²) in [6.45, 7) is 9.08. The first-order valence-electron chi connectivity index (χ1n) is 6.46. The van der Waals surface area contributed by atoms with Gasteiger partial charge in [0.05, 0.1) is 5.92 Å². The van der Waals surface area contributed by atoms with Crippen LogP contribution < -0.4 is 5.32 Å². The first-order chi connectivity index (χ1) is 8.41. The van der Waals surface area contributed by atoms with Crippen LogP contribution in [0.5, 0.6) is 0 Å². The minimum atomic E-state index is -0.783. The van der Waals surface area contributed by atoms with Gasteiger partial charge in [-0.15, -0.1) is 0 Å². The van der Waals surface area contributed by atoms with Crippen molar-refractivity contribution in [1.82, 2.24) is 5.32 Å². The molecular formula is C15H23NO2. The quantitative estimate of drug-likeness (QED) is 0.814. The topological polar surface area (TPSA) is 49.3 Å². The standard InChI is InChI=1S/C15H23NO2/c1-10(2)12(4)16-9-13-5-7-14(8-6-13)11(3)15(17)18/h5-8,10-12,16H,9H2,1-4H3,(H,17,18). The highest BCUT2D eigenvalue weighted by atomic mass is 16.4. The second-order valence-electron chi connectivity index (χ2n) is 5.22. The zero-order valence-corrected chi connectivity index (χ0v) is 11.6. The predicted octanol–water partition coefficient (Wildman–Crippen LogP) is 3.01. The summed E-state index contributed by atoms with van der Waals surface area (Å²) in [5, 5.41) is 12.4. The third-order valence-corrected chi connectivity index (χ3v) is 3.48. The van der Waals surface area contributed by atoms with Gasteiger partial charge < -0.3 is 10.4 Å². The molecule has 0 saturated heterocycles. The molecule has 3 heteroatoms. The highest BCUT2D eigenvalue weighted by molar-refractivity contribution is 5.75. The second kappa shape index (κ2) is 6.55. The Labute approximate surface area is 109 Å². The number of benzene rings is 1. The van der Waals surface area contributed by atoms with Crippen molar-refractivity contribution in [2.75, 3.05) is 0 Å². The van der Waals surface area contributed by atoms with Crippen LogP contribution in [0.15, 0.2) is 24.3 Å². The van der Waals surface area contributed by atoms with Gasteiger partial charge in [0.15, 0.2) is 0 Å². The molecule has 1 aromatic rings. The molecule has 0 aliphatic rings. The van der Waals surface area contributed by atoms with Gasteiger partial charge in [-0.1, -0.05) is 38.1 Å². The van der Waals surface area contributed by atoms with Crippen LogP contribution in [0.4, 0.5) is 0 Å². The fraction of sp³-hybridized carbons (Fsp3) is 0.533. The highest BCUT2D eigenvalue weighted by Gasteiger charge is 2.13. The normalized spacial score (nSPS) is 14.5. The molecule has 0 heterocycles. The minimum Gasteiger partial charge on any atom is -0.481 e. The Morgan fingerprint density at radius 1 is 1.17 bits per heavy atom. The smallest absolute Gasteiger partial charge is 0.310 e. The number of hydrogen-bond acceptors (Lipinski definition) is 2. The van der Waals surface area contributed by atoms with E-state index in [1.807, 2.05) is 24.3 Å². The first kappa shape index (κ1) is 14.7. The lowest BCUT2D eigenvalue weighted by Gasteiger charge is -2.17. The molecule has 0 aliphatic heterocycles. The summed E-state index contributed by atoms with van der Waals surface area (Å²) in [6.07, 6.45) is 0. The van der Waals surface area contributed by atoms with E-state index < -0.39 is 11.9 Å². The van der Waals surface area contributed by atoms with E-state index in [0.29, 0.717) is 12.0 Å². The van der Waals surface area contributed by atoms with E-state index in [4.69, 9.17) is 5.11 Å². The van der Waals surface area contributed by atoms with Gasteiger partial charge in [0.1, 0.15) is 0 Å². The van der Waals surface area contributed by atoms with Gasteiger partial charge in [0.2, 0.25) is 0 Å². The van der Waals surface area contributed by atoms with Gasteiger partial charge in [-0.25, -0.2) is 0 Å². The molecule has 1 rings (SSSR count). The molecule has 2 unspecified atom stereocenters. The number of nitrogens with one attached hydrogen (secondary N) is 1. The van der Waals surface area contributed by atoms with Gasteiger partial charge in [0.25, 0.3) is 0 Å². The Hall–Kier alpha value is -1.35. The molecule has 0 bridgehead atoms. The summed E-state index contributed by atoms with van der Waals surface area (Å²) in [7, 11) is 0. The Bertz CT molecular complexity index is 384. The highest BCUT2D eigenvalue weighted by Crippen LogP contribution is 2.16. The van der Waals surface area contributed by atoms with E-state index in [-0.39, 0.29) is 0 Å². The van der Waals surface area contributed by atoms with Crippen LogP contribution in [-0.2, 0) is 11.3 Å². The fourth-order valence-corrected chi connectivity index (χ4v) is 1.58. The van der Waals surface area contributed by atoms with Crippen LogP contribution >= 0.6 is 0 Å². The molecular weight excluding hydrogens is 226 g/mol. The van der Waals surface area contributed by atoms with Crippen LogP contribution in [0.1, 0.15) is 44.7 Å². The molecule has 0 saturated carbocycles.